The third-order valence-electron chi connectivity index (χ3n) is 3.24. The maximum atomic E-state index is 12.3. The molecule has 2 aromatic rings. The van der Waals surface area contributed by atoms with Gasteiger partial charge in [0, 0.05) is 17.6 Å². The molecule has 0 aliphatic heterocycles. The SMILES string of the molecule is CC(=O)Nc1ccc(NC(C)C(=O)Nc2cc(Cl)ccc2Cl)cc1Cl. The summed E-state index contributed by atoms with van der Waals surface area (Å²) in [6.45, 7) is 3.10. The van der Waals surface area contributed by atoms with E-state index in [4.69, 9.17) is 34.8 Å². The van der Waals surface area contributed by atoms with Crippen LogP contribution in [0.4, 0.5) is 17.1 Å². The van der Waals surface area contributed by atoms with Crippen LogP contribution in [0.15, 0.2) is 36.4 Å². The highest BCUT2D eigenvalue weighted by molar-refractivity contribution is 6.36. The number of carbonyl (C=O) groups excluding carboxylic acids is 2. The lowest BCUT2D eigenvalue weighted by molar-refractivity contribution is -0.116. The molecule has 0 saturated heterocycles. The highest BCUT2D eigenvalue weighted by atomic mass is 35.5. The second-order valence-corrected chi connectivity index (χ2v) is 6.61. The van der Waals surface area contributed by atoms with E-state index in [2.05, 4.69) is 16.0 Å². The van der Waals surface area contributed by atoms with Gasteiger partial charge in [-0.05, 0) is 43.3 Å². The van der Waals surface area contributed by atoms with Gasteiger partial charge in [0.15, 0.2) is 0 Å². The Morgan fingerprint density at radius 1 is 0.920 bits per heavy atom. The van der Waals surface area contributed by atoms with Crippen molar-refractivity contribution in [2.24, 2.45) is 0 Å². The van der Waals surface area contributed by atoms with Crippen LogP contribution >= 0.6 is 34.8 Å². The molecule has 0 saturated carbocycles. The fourth-order valence-corrected chi connectivity index (χ4v) is 2.61. The van der Waals surface area contributed by atoms with E-state index in [9.17, 15) is 9.59 Å². The van der Waals surface area contributed by atoms with E-state index in [1.165, 1.54) is 6.92 Å². The molecule has 0 aliphatic rings. The van der Waals surface area contributed by atoms with Crippen molar-refractivity contribution in [3.8, 4) is 0 Å². The second kappa shape index (κ2) is 8.43. The van der Waals surface area contributed by atoms with E-state index >= 15 is 0 Å². The molecule has 2 rings (SSSR count). The van der Waals surface area contributed by atoms with E-state index in [1.807, 2.05) is 0 Å². The lowest BCUT2D eigenvalue weighted by Gasteiger charge is -2.17. The number of anilines is 3. The largest absolute Gasteiger partial charge is 0.374 e. The van der Waals surface area contributed by atoms with Gasteiger partial charge in [0.25, 0.3) is 0 Å². The molecule has 0 spiro atoms. The number of rotatable bonds is 5. The zero-order chi connectivity index (χ0) is 18.6. The minimum Gasteiger partial charge on any atom is -0.374 e. The lowest BCUT2D eigenvalue weighted by atomic mass is 10.2. The fraction of sp³-hybridized carbons (Fsp3) is 0.176. The van der Waals surface area contributed by atoms with Crippen LogP contribution in [0, 0.1) is 0 Å². The maximum absolute atomic E-state index is 12.3. The van der Waals surface area contributed by atoms with Gasteiger partial charge in [-0.25, -0.2) is 0 Å². The van der Waals surface area contributed by atoms with Crippen molar-refractivity contribution in [2.75, 3.05) is 16.0 Å². The monoisotopic (exact) mass is 399 g/mol. The Bertz CT molecular complexity index is 812. The first-order chi connectivity index (χ1) is 11.8. The molecule has 132 valence electrons. The number of carbonyl (C=O) groups is 2. The van der Waals surface area contributed by atoms with Gasteiger partial charge in [0.05, 0.1) is 21.4 Å². The number of hydrogen-bond acceptors (Lipinski definition) is 3. The molecule has 0 aliphatic carbocycles. The van der Waals surface area contributed by atoms with Crippen LogP contribution in [0.3, 0.4) is 0 Å². The van der Waals surface area contributed by atoms with Gasteiger partial charge in [0.2, 0.25) is 11.8 Å². The first-order valence-electron chi connectivity index (χ1n) is 7.36. The third-order valence-corrected chi connectivity index (χ3v) is 4.12. The Hall–Kier alpha value is -1.95. The summed E-state index contributed by atoms with van der Waals surface area (Å²) in [6.07, 6.45) is 0. The summed E-state index contributed by atoms with van der Waals surface area (Å²) in [5.74, 6) is -0.500. The molecule has 5 nitrogen and oxygen atoms in total. The van der Waals surface area contributed by atoms with Crippen molar-refractivity contribution < 1.29 is 9.59 Å². The van der Waals surface area contributed by atoms with Crippen LogP contribution < -0.4 is 16.0 Å². The highest BCUT2D eigenvalue weighted by Gasteiger charge is 2.15. The molecule has 3 N–H and O–H groups in total. The summed E-state index contributed by atoms with van der Waals surface area (Å²) in [5, 5.41) is 9.60. The van der Waals surface area contributed by atoms with Gasteiger partial charge in [-0.1, -0.05) is 34.8 Å². The number of amides is 2. The van der Waals surface area contributed by atoms with E-state index in [0.717, 1.165) is 0 Å². The minimum atomic E-state index is -0.558. The van der Waals surface area contributed by atoms with Crippen molar-refractivity contribution in [1.29, 1.82) is 0 Å². The summed E-state index contributed by atoms with van der Waals surface area (Å²) < 4.78 is 0. The Labute approximate surface area is 160 Å². The molecular weight excluding hydrogens is 385 g/mol. The molecule has 0 radical (unpaired) electrons. The second-order valence-electron chi connectivity index (χ2n) is 5.36. The van der Waals surface area contributed by atoms with Crippen LogP contribution in [0.2, 0.25) is 15.1 Å². The smallest absolute Gasteiger partial charge is 0.246 e. The van der Waals surface area contributed by atoms with Crippen molar-refractivity contribution >= 4 is 63.7 Å². The Balaban J connectivity index is 2.04. The van der Waals surface area contributed by atoms with Gasteiger partial charge in [-0.15, -0.1) is 0 Å². The highest BCUT2D eigenvalue weighted by Crippen LogP contribution is 2.27. The number of hydrogen-bond donors (Lipinski definition) is 3. The quantitative estimate of drug-likeness (QED) is 0.658. The lowest BCUT2D eigenvalue weighted by Crippen LogP contribution is -2.32. The fourth-order valence-electron chi connectivity index (χ4n) is 2.05. The molecule has 0 bridgehead atoms. The molecule has 0 heterocycles. The van der Waals surface area contributed by atoms with E-state index < -0.39 is 6.04 Å². The van der Waals surface area contributed by atoms with Crippen LogP contribution in [0.1, 0.15) is 13.8 Å². The van der Waals surface area contributed by atoms with Crippen molar-refractivity contribution in [3.05, 3.63) is 51.5 Å². The topological polar surface area (TPSA) is 70.2 Å². The number of benzene rings is 2. The average molecular weight is 401 g/mol. The Morgan fingerprint density at radius 2 is 1.64 bits per heavy atom. The van der Waals surface area contributed by atoms with Crippen LogP contribution in [-0.2, 0) is 9.59 Å². The Kier molecular flexibility index (Phi) is 6.53. The molecule has 0 aromatic heterocycles. The van der Waals surface area contributed by atoms with Crippen molar-refractivity contribution in [2.45, 2.75) is 19.9 Å². The summed E-state index contributed by atoms with van der Waals surface area (Å²) in [4.78, 5) is 23.4. The predicted molar refractivity (Wildman–Crippen MR) is 104 cm³/mol. The Morgan fingerprint density at radius 3 is 2.28 bits per heavy atom. The summed E-state index contributed by atoms with van der Waals surface area (Å²) >= 11 is 18.1. The van der Waals surface area contributed by atoms with Crippen LogP contribution in [0.25, 0.3) is 0 Å². The average Bonchev–Trinajstić information content (AvgIpc) is 2.53. The molecule has 2 aromatic carbocycles. The molecule has 25 heavy (non-hydrogen) atoms. The predicted octanol–water partition coefficient (Wildman–Crippen LogP) is 5.04. The maximum Gasteiger partial charge on any atom is 0.246 e. The normalized spacial score (nSPS) is 11.6. The standard InChI is InChI=1S/C17H16Cl3N3O2/c1-9(17(25)23-16-7-11(18)3-5-13(16)19)21-12-4-6-15(14(20)8-12)22-10(2)24/h3-9,21H,1-2H3,(H,22,24)(H,23,25). The minimum absolute atomic E-state index is 0.214. The van der Waals surface area contributed by atoms with Gasteiger partial charge in [-0.3, -0.25) is 9.59 Å². The van der Waals surface area contributed by atoms with Gasteiger partial charge in [0.1, 0.15) is 6.04 Å². The molecule has 1 atom stereocenters. The van der Waals surface area contributed by atoms with Gasteiger partial charge in [-0.2, -0.15) is 0 Å². The molecule has 2 amide bonds. The zero-order valence-electron chi connectivity index (χ0n) is 13.5. The molecule has 1 unspecified atom stereocenters. The van der Waals surface area contributed by atoms with E-state index in [1.54, 1.807) is 43.3 Å². The van der Waals surface area contributed by atoms with Crippen molar-refractivity contribution in [3.63, 3.8) is 0 Å². The van der Waals surface area contributed by atoms with E-state index in [0.29, 0.717) is 32.1 Å². The first-order valence-corrected chi connectivity index (χ1v) is 8.49. The third kappa shape index (κ3) is 5.53. The zero-order valence-corrected chi connectivity index (χ0v) is 15.8. The van der Waals surface area contributed by atoms with E-state index in [-0.39, 0.29) is 11.8 Å². The van der Waals surface area contributed by atoms with Crippen LogP contribution in [0.5, 0.6) is 0 Å². The summed E-state index contributed by atoms with van der Waals surface area (Å²) in [6, 6.07) is 9.27. The first kappa shape index (κ1) is 19.4. The summed E-state index contributed by atoms with van der Waals surface area (Å²) in [5.41, 5.74) is 1.58. The number of halogens is 3. The van der Waals surface area contributed by atoms with Gasteiger partial charge >= 0.3 is 0 Å². The van der Waals surface area contributed by atoms with Crippen molar-refractivity contribution in [1.82, 2.24) is 0 Å². The molecule has 0 fully saturated rings. The molecule has 8 heteroatoms. The number of nitrogens with one attached hydrogen (secondary N) is 3. The van der Waals surface area contributed by atoms with Crippen LogP contribution in [-0.4, -0.2) is 17.9 Å². The van der Waals surface area contributed by atoms with Gasteiger partial charge < -0.3 is 16.0 Å². The molecular formula is C17H16Cl3N3O2. The summed E-state index contributed by atoms with van der Waals surface area (Å²) in [7, 11) is 0.